The molecular weight excluding hydrogens is 298 g/mol. The lowest BCUT2D eigenvalue weighted by Gasteiger charge is -2.06. The van der Waals surface area contributed by atoms with Crippen LogP contribution in [0.3, 0.4) is 0 Å². The highest BCUT2D eigenvalue weighted by atomic mass is 32.1. The molecule has 5 nitrogen and oxygen atoms in total. The zero-order valence-corrected chi connectivity index (χ0v) is 13.9. The highest BCUT2D eigenvalue weighted by Crippen LogP contribution is 2.23. The molecule has 0 radical (unpaired) electrons. The molecule has 1 N–H and O–H groups in total. The Hall–Kier alpha value is -1.95. The van der Waals surface area contributed by atoms with E-state index >= 15 is 0 Å². The van der Waals surface area contributed by atoms with Gasteiger partial charge in [0.25, 0.3) is 5.91 Å². The van der Waals surface area contributed by atoms with Crippen molar-refractivity contribution in [1.29, 1.82) is 0 Å². The monoisotopic (exact) mass is 319 g/mol. The fraction of sp³-hybridized carbons (Fsp3) is 0.438. The fourth-order valence-electron chi connectivity index (χ4n) is 1.72. The molecule has 2 rings (SSSR count). The van der Waals surface area contributed by atoms with Gasteiger partial charge >= 0.3 is 0 Å². The number of nitrogens with zero attached hydrogens (tertiary/aromatic N) is 2. The van der Waals surface area contributed by atoms with Gasteiger partial charge in [-0.25, -0.2) is 0 Å². The van der Waals surface area contributed by atoms with Crippen LogP contribution in [0.25, 0.3) is 0 Å². The molecule has 1 aromatic carbocycles. The summed E-state index contributed by atoms with van der Waals surface area (Å²) in [4.78, 5) is 12.2. The van der Waals surface area contributed by atoms with Gasteiger partial charge in [0.05, 0.1) is 6.61 Å². The minimum Gasteiger partial charge on any atom is -0.494 e. The van der Waals surface area contributed by atoms with Crippen molar-refractivity contribution in [3.63, 3.8) is 0 Å². The highest BCUT2D eigenvalue weighted by Gasteiger charge is 2.12. The molecule has 0 aliphatic carbocycles. The molecule has 1 aromatic heterocycles. The molecule has 0 saturated carbocycles. The van der Waals surface area contributed by atoms with Crippen molar-refractivity contribution in [1.82, 2.24) is 10.2 Å². The zero-order valence-electron chi connectivity index (χ0n) is 13.1. The maximum Gasteiger partial charge on any atom is 0.257 e. The summed E-state index contributed by atoms with van der Waals surface area (Å²) in [6.45, 7) is 6.91. The smallest absolute Gasteiger partial charge is 0.257 e. The number of benzene rings is 1. The predicted octanol–water partition coefficient (Wildman–Crippen LogP) is 4.09. The van der Waals surface area contributed by atoms with Crippen LogP contribution in [0.4, 0.5) is 5.13 Å². The Bertz CT molecular complexity index is 608. The Labute approximate surface area is 134 Å². The quantitative estimate of drug-likeness (QED) is 0.781. The summed E-state index contributed by atoms with van der Waals surface area (Å²) < 4.78 is 5.58. The number of nitrogens with one attached hydrogen (secondary N) is 1. The zero-order chi connectivity index (χ0) is 15.9. The molecule has 0 saturated heterocycles. The van der Waals surface area contributed by atoms with Crippen LogP contribution in [0.2, 0.25) is 0 Å². The molecule has 0 aliphatic heterocycles. The summed E-state index contributed by atoms with van der Waals surface area (Å²) in [5.74, 6) is 0.900. The number of hydrogen-bond donors (Lipinski definition) is 1. The number of unbranched alkanes of at least 4 members (excludes halogenated alkanes) is 1. The molecule has 1 amide bonds. The average molecular weight is 319 g/mol. The van der Waals surface area contributed by atoms with Crippen LogP contribution in [0.1, 0.15) is 54.9 Å². The van der Waals surface area contributed by atoms with E-state index in [4.69, 9.17) is 4.74 Å². The van der Waals surface area contributed by atoms with Gasteiger partial charge in [-0.1, -0.05) is 38.5 Å². The SMILES string of the molecule is CCCCOc1ccc(C(=O)Nc2nnc(C(C)C)s2)cc1. The molecule has 0 bridgehead atoms. The summed E-state index contributed by atoms with van der Waals surface area (Å²) in [7, 11) is 0. The Morgan fingerprint density at radius 3 is 2.59 bits per heavy atom. The summed E-state index contributed by atoms with van der Waals surface area (Å²) in [6, 6.07) is 7.12. The van der Waals surface area contributed by atoms with Gasteiger partial charge in [-0.3, -0.25) is 10.1 Å². The van der Waals surface area contributed by atoms with E-state index in [2.05, 4.69) is 22.4 Å². The Morgan fingerprint density at radius 1 is 1.27 bits per heavy atom. The molecule has 0 spiro atoms. The van der Waals surface area contributed by atoms with E-state index in [1.807, 2.05) is 26.0 Å². The van der Waals surface area contributed by atoms with Crippen molar-refractivity contribution in [2.24, 2.45) is 0 Å². The molecule has 0 unspecified atom stereocenters. The van der Waals surface area contributed by atoms with Crippen molar-refractivity contribution in [3.05, 3.63) is 34.8 Å². The number of hydrogen-bond acceptors (Lipinski definition) is 5. The summed E-state index contributed by atoms with van der Waals surface area (Å²) in [5, 5.41) is 12.2. The van der Waals surface area contributed by atoms with Gasteiger partial charge in [0.1, 0.15) is 10.8 Å². The minimum absolute atomic E-state index is 0.188. The third-order valence-corrected chi connectivity index (χ3v) is 4.18. The number of rotatable bonds is 7. The lowest BCUT2D eigenvalue weighted by molar-refractivity contribution is 0.102. The first-order valence-corrected chi connectivity index (χ1v) is 8.29. The highest BCUT2D eigenvalue weighted by molar-refractivity contribution is 7.15. The largest absolute Gasteiger partial charge is 0.494 e. The maximum atomic E-state index is 12.2. The predicted molar refractivity (Wildman–Crippen MR) is 88.8 cm³/mol. The van der Waals surface area contributed by atoms with E-state index < -0.39 is 0 Å². The third kappa shape index (κ3) is 4.53. The van der Waals surface area contributed by atoms with E-state index in [1.54, 1.807) is 12.1 Å². The van der Waals surface area contributed by atoms with Crippen LogP contribution in [-0.2, 0) is 0 Å². The summed E-state index contributed by atoms with van der Waals surface area (Å²) >= 11 is 1.40. The second-order valence-corrected chi connectivity index (χ2v) is 6.29. The van der Waals surface area contributed by atoms with Gasteiger partial charge in [0, 0.05) is 11.5 Å². The second-order valence-electron chi connectivity index (χ2n) is 5.28. The van der Waals surface area contributed by atoms with Gasteiger partial charge in [-0.05, 0) is 30.7 Å². The first-order valence-electron chi connectivity index (χ1n) is 7.47. The maximum absolute atomic E-state index is 12.2. The lowest BCUT2D eigenvalue weighted by Crippen LogP contribution is -2.11. The van der Waals surface area contributed by atoms with Crippen molar-refractivity contribution >= 4 is 22.4 Å². The van der Waals surface area contributed by atoms with Crippen LogP contribution < -0.4 is 10.1 Å². The topological polar surface area (TPSA) is 64.1 Å². The van der Waals surface area contributed by atoms with E-state index in [0.717, 1.165) is 23.6 Å². The number of ether oxygens (including phenoxy) is 1. The van der Waals surface area contributed by atoms with Crippen molar-refractivity contribution < 1.29 is 9.53 Å². The van der Waals surface area contributed by atoms with Crippen molar-refractivity contribution in [3.8, 4) is 5.75 Å². The Balaban J connectivity index is 1.94. The number of carbonyl (C=O) groups excluding carboxylic acids is 1. The van der Waals surface area contributed by atoms with Crippen LogP contribution in [0.15, 0.2) is 24.3 Å². The van der Waals surface area contributed by atoms with Crippen LogP contribution in [0.5, 0.6) is 5.75 Å². The second kappa shape index (κ2) is 7.89. The molecule has 118 valence electrons. The van der Waals surface area contributed by atoms with E-state index in [0.29, 0.717) is 23.2 Å². The number of aromatic nitrogens is 2. The van der Waals surface area contributed by atoms with E-state index in [1.165, 1.54) is 11.3 Å². The van der Waals surface area contributed by atoms with Gasteiger partial charge in [-0.15, -0.1) is 10.2 Å². The van der Waals surface area contributed by atoms with Gasteiger partial charge in [0.2, 0.25) is 5.13 Å². The molecule has 0 fully saturated rings. The molecule has 22 heavy (non-hydrogen) atoms. The molecule has 0 aliphatic rings. The summed E-state index contributed by atoms with van der Waals surface area (Å²) in [6.07, 6.45) is 2.12. The average Bonchev–Trinajstić information content (AvgIpc) is 2.97. The Kier molecular flexibility index (Phi) is 5.89. The van der Waals surface area contributed by atoms with E-state index in [9.17, 15) is 4.79 Å². The number of anilines is 1. The third-order valence-electron chi connectivity index (χ3n) is 3.04. The normalized spacial score (nSPS) is 10.7. The van der Waals surface area contributed by atoms with Crippen LogP contribution in [-0.4, -0.2) is 22.7 Å². The minimum atomic E-state index is -0.188. The van der Waals surface area contributed by atoms with E-state index in [-0.39, 0.29) is 5.91 Å². The number of carbonyl (C=O) groups is 1. The molecular formula is C16H21N3O2S. The van der Waals surface area contributed by atoms with Crippen LogP contribution >= 0.6 is 11.3 Å². The Morgan fingerprint density at radius 2 is 2.00 bits per heavy atom. The van der Waals surface area contributed by atoms with Gasteiger partial charge < -0.3 is 4.74 Å². The first kappa shape index (κ1) is 16.4. The van der Waals surface area contributed by atoms with Gasteiger partial charge in [-0.2, -0.15) is 0 Å². The molecule has 2 aromatic rings. The summed E-state index contributed by atoms with van der Waals surface area (Å²) in [5.41, 5.74) is 0.573. The van der Waals surface area contributed by atoms with Gasteiger partial charge in [0.15, 0.2) is 0 Å². The van der Waals surface area contributed by atoms with Crippen LogP contribution in [0, 0.1) is 0 Å². The lowest BCUT2D eigenvalue weighted by atomic mass is 10.2. The molecule has 6 heteroatoms. The first-order chi connectivity index (χ1) is 10.6. The molecule has 1 heterocycles. The van der Waals surface area contributed by atoms with Crippen molar-refractivity contribution in [2.45, 2.75) is 39.5 Å². The number of amides is 1. The van der Waals surface area contributed by atoms with Crippen molar-refractivity contribution in [2.75, 3.05) is 11.9 Å². The molecule has 0 atom stereocenters. The fourth-order valence-corrected chi connectivity index (χ4v) is 2.47. The standard InChI is InChI=1S/C16H21N3O2S/c1-4-5-10-21-13-8-6-12(7-9-13)14(20)17-16-19-18-15(22-16)11(2)3/h6-9,11H,4-5,10H2,1-3H3,(H,17,19,20).